The monoisotopic (exact) mass is 540 g/mol. The van der Waals surface area contributed by atoms with E-state index in [0.717, 1.165) is 0 Å². The van der Waals surface area contributed by atoms with Crippen LogP contribution in [-0.4, -0.2) is 80.5 Å². The van der Waals surface area contributed by atoms with Crippen molar-refractivity contribution in [2.24, 2.45) is 17.8 Å². The topological polar surface area (TPSA) is 144 Å². The molecule has 2 saturated carbocycles. The van der Waals surface area contributed by atoms with E-state index in [-0.39, 0.29) is 5.57 Å². The molecule has 0 radical (unpaired) electrons. The largest absolute Gasteiger partial charge is 0.459 e. The molecule has 1 aromatic carbocycles. The van der Waals surface area contributed by atoms with E-state index in [1.54, 1.807) is 44.2 Å². The van der Waals surface area contributed by atoms with Crippen LogP contribution in [-0.2, 0) is 39.2 Å². The molecule has 0 amide bonds. The average molecular weight is 541 g/mol. The molecule has 10 heteroatoms. The van der Waals surface area contributed by atoms with E-state index in [9.17, 15) is 24.9 Å². The van der Waals surface area contributed by atoms with Gasteiger partial charge < -0.3 is 39.0 Å². The Kier molecular flexibility index (Phi) is 4.87. The van der Waals surface area contributed by atoms with Crippen molar-refractivity contribution in [3.05, 3.63) is 59.7 Å². The molecule has 1 unspecified atom stereocenters. The first kappa shape index (κ1) is 25.5. The van der Waals surface area contributed by atoms with Gasteiger partial charge in [0.25, 0.3) is 0 Å². The molecule has 208 valence electrons. The summed E-state index contributed by atoms with van der Waals surface area (Å²) < 4.78 is 32.6. The summed E-state index contributed by atoms with van der Waals surface area (Å²) in [6, 6.07) is 8.99. The maximum Gasteiger partial charge on any atom is 0.314 e. The van der Waals surface area contributed by atoms with Gasteiger partial charge in [-0.2, -0.15) is 0 Å². The van der Waals surface area contributed by atoms with Gasteiger partial charge in [0.05, 0.1) is 12.2 Å². The minimum Gasteiger partial charge on any atom is -0.459 e. The van der Waals surface area contributed by atoms with Crippen molar-refractivity contribution in [2.45, 2.75) is 80.5 Å². The molecule has 1 aromatic rings. The van der Waals surface area contributed by atoms with Gasteiger partial charge in [-0.15, -0.1) is 0 Å². The van der Waals surface area contributed by atoms with E-state index < -0.39 is 88.9 Å². The lowest BCUT2D eigenvalue weighted by atomic mass is 9.53. The number of rotatable bonds is 4. The smallest absolute Gasteiger partial charge is 0.314 e. The van der Waals surface area contributed by atoms with Crippen molar-refractivity contribution in [1.82, 2.24) is 0 Å². The highest BCUT2D eigenvalue weighted by Crippen LogP contribution is 2.74. The molecule has 3 aliphatic heterocycles. The molecule has 0 aromatic heterocycles. The van der Waals surface area contributed by atoms with Gasteiger partial charge in [0.15, 0.2) is 17.0 Å². The summed E-state index contributed by atoms with van der Waals surface area (Å²) in [5.74, 6) is -5.64. The normalized spacial score (nSPS) is 52.3. The zero-order valence-corrected chi connectivity index (χ0v) is 22.1. The highest BCUT2D eigenvalue weighted by molar-refractivity contribution is 6.05. The van der Waals surface area contributed by atoms with E-state index in [1.807, 2.05) is 13.0 Å². The number of benzene rings is 1. The first-order chi connectivity index (χ1) is 18.4. The molecule has 3 saturated heterocycles. The first-order valence-corrected chi connectivity index (χ1v) is 13.3. The number of carbonyl (C=O) groups is 2. The van der Waals surface area contributed by atoms with Crippen LogP contribution >= 0.6 is 0 Å². The molecular weight excluding hydrogens is 508 g/mol. The first-order valence-electron chi connectivity index (χ1n) is 13.3. The fourth-order valence-electron chi connectivity index (χ4n) is 8.49. The number of esters is 1. The number of aliphatic hydroxyl groups excluding tert-OH is 2. The maximum absolute atomic E-state index is 13.6. The summed E-state index contributed by atoms with van der Waals surface area (Å²) in [6.45, 7) is 10.0. The number of carbonyl (C=O) groups excluding carboxylic acids is 2. The third kappa shape index (κ3) is 2.58. The van der Waals surface area contributed by atoms with Gasteiger partial charge in [0.2, 0.25) is 0 Å². The Morgan fingerprint density at radius 2 is 1.82 bits per heavy atom. The maximum atomic E-state index is 13.6. The predicted molar refractivity (Wildman–Crippen MR) is 132 cm³/mol. The molecule has 12 atom stereocenters. The number of hydrogen-bond donors (Lipinski definition) is 3. The fourth-order valence-corrected chi connectivity index (χ4v) is 8.49. The summed E-state index contributed by atoms with van der Waals surface area (Å²) in [7, 11) is 0. The van der Waals surface area contributed by atoms with Crippen LogP contribution in [0.25, 0.3) is 0 Å². The van der Waals surface area contributed by atoms with Crippen LogP contribution in [0.5, 0.6) is 0 Å². The van der Waals surface area contributed by atoms with Crippen molar-refractivity contribution in [3.8, 4) is 0 Å². The van der Waals surface area contributed by atoms with Gasteiger partial charge in [0.1, 0.15) is 30.0 Å². The Labute approximate surface area is 225 Å². The molecule has 0 spiro atoms. The molecule has 3 N–H and O–H groups in total. The summed E-state index contributed by atoms with van der Waals surface area (Å²) >= 11 is 0. The molecule has 39 heavy (non-hydrogen) atoms. The van der Waals surface area contributed by atoms with Gasteiger partial charge >= 0.3 is 11.9 Å². The zero-order valence-electron chi connectivity index (χ0n) is 22.1. The minimum atomic E-state index is -2.39. The van der Waals surface area contributed by atoms with E-state index in [2.05, 4.69) is 6.58 Å². The number of Topliss-reactive ketones (excluding diaryl/α,β-unsaturated/α-hetero) is 1. The number of ether oxygens (including phenoxy) is 5. The lowest BCUT2D eigenvalue weighted by molar-refractivity contribution is -0.440. The van der Waals surface area contributed by atoms with Crippen LogP contribution < -0.4 is 0 Å². The Hall–Kier alpha value is -2.44. The van der Waals surface area contributed by atoms with Gasteiger partial charge in [-0.25, -0.2) is 0 Å². The van der Waals surface area contributed by atoms with Crippen LogP contribution in [0.1, 0.15) is 33.3 Å². The Balaban J connectivity index is 1.57. The van der Waals surface area contributed by atoms with Crippen LogP contribution in [0, 0.1) is 17.8 Å². The number of fused-ring (bicyclic) bond motifs is 3. The lowest BCUT2D eigenvalue weighted by Crippen LogP contribution is -2.76. The molecule has 3 aliphatic carbocycles. The Morgan fingerprint density at radius 1 is 1.13 bits per heavy atom. The standard InChI is InChI=1S/C29H32O10/c1-13(2)27-21(35-16(5)31)15(4)28-18-11-14(3)20(32)26(18,34)24(33)25(12-30)22(36-25)19(28)23(27)37-29(38-27,39-28)17-9-7-6-8-10-17/h6-11,15,18-19,21-24,30,33-34H,1,12H2,2-5H3/t15-,18-,19+,21-,22+,23-,24-,25+,26-,27+,28+,29?/m0/s1. The number of ketones is 1. The second kappa shape index (κ2) is 7.44. The van der Waals surface area contributed by atoms with Crippen LogP contribution in [0.15, 0.2) is 54.1 Å². The summed E-state index contributed by atoms with van der Waals surface area (Å²) in [5.41, 5.74) is -5.65. The molecule has 7 rings (SSSR count). The van der Waals surface area contributed by atoms with Gasteiger partial charge in [-0.1, -0.05) is 49.9 Å². The van der Waals surface area contributed by atoms with Crippen LogP contribution in [0.4, 0.5) is 0 Å². The summed E-state index contributed by atoms with van der Waals surface area (Å²) in [6.07, 6.45) is -2.91. The molecule has 5 fully saturated rings. The van der Waals surface area contributed by atoms with Crippen molar-refractivity contribution in [3.63, 3.8) is 0 Å². The molecule has 3 heterocycles. The zero-order chi connectivity index (χ0) is 27.9. The SMILES string of the molecule is C=C(C)[C@]12OC3(c4ccccc4)O[C@H]1[C@H]1[C@H]4O[C@@]4(CO)[C@H](O)[C@@]4(O)C(=O)C(C)=C[C@@H]4[C@]1(O3)[C@@H](C)[C@@H]2OC(C)=O. The van der Waals surface area contributed by atoms with E-state index in [1.165, 1.54) is 6.92 Å². The van der Waals surface area contributed by atoms with Gasteiger partial charge in [-0.3, -0.25) is 9.59 Å². The second-order valence-electron chi connectivity index (χ2n) is 12.0. The van der Waals surface area contributed by atoms with Gasteiger partial charge in [-0.05, 0) is 25.0 Å². The highest BCUT2D eigenvalue weighted by atomic mass is 16.9. The van der Waals surface area contributed by atoms with E-state index in [0.29, 0.717) is 11.1 Å². The lowest BCUT2D eigenvalue weighted by Gasteiger charge is -2.61. The average Bonchev–Trinajstić information content (AvgIpc) is 3.53. The molecule has 3 bridgehead atoms. The van der Waals surface area contributed by atoms with Gasteiger partial charge in [0, 0.05) is 30.2 Å². The third-order valence-electron chi connectivity index (χ3n) is 10.2. The number of hydrogen-bond acceptors (Lipinski definition) is 10. The summed E-state index contributed by atoms with van der Waals surface area (Å²) in [5, 5.41) is 34.4. The van der Waals surface area contributed by atoms with E-state index in [4.69, 9.17) is 23.7 Å². The van der Waals surface area contributed by atoms with E-state index >= 15 is 0 Å². The van der Waals surface area contributed by atoms with Crippen molar-refractivity contribution in [1.29, 1.82) is 0 Å². The molecule has 10 nitrogen and oxygen atoms in total. The van der Waals surface area contributed by atoms with Crippen molar-refractivity contribution < 1.29 is 48.6 Å². The summed E-state index contributed by atoms with van der Waals surface area (Å²) in [4.78, 5) is 26.1. The number of epoxide rings is 1. The second-order valence-corrected chi connectivity index (χ2v) is 12.0. The Bertz CT molecular complexity index is 1340. The highest BCUT2D eigenvalue weighted by Gasteiger charge is 2.90. The minimum absolute atomic E-state index is 0.243. The van der Waals surface area contributed by atoms with Crippen LogP contribution in [0.2, 0.25) is 0 Å². The van der Waals surface area contributed by atoms with Crippen LogP contribution in [0.3, 0.4) is 0 Å². The number of aliphatic hydroxyl groups is 3. The Morgan fingerprint density at radius 3 is 2.44 bits per heavy atom. The third-order valence-corrected chi connectivity index (χ3v) is 10.2. The molecular formula is C29H32O10. The van der Waals surface area contributed by atoms with Crippen molar-refractivity contribution >= 4 is 11.8 Å². The predicted octanol–water partition coefficient (Wildman–Crippen LogP) is 0.874. The fraction of sp³-hybridized carbons (Fsp3) is 0.586. The quantitative estimate of drug-likeness (QED) is 0.286. The molecule has 6 aliphatic rings. The van der Waals surface area contributed by atoms with Crippen molar-refractivity contribution in [2.75, 3.05) is 6.61 Å².